The Morgan fingerprint density at radius 3 is 1.79 bits per heavy atom. The first-order chi connectivity index (χ1) is 18.4. The highest BCUT2D eigenvalue weighted by molar-refractivity contribution is 5.91. The normalized spacial score (nSPS) is 12.2. The molecule has 0 heterocycles. The Kier molecular flexibility index (Phi) is 15.8. The molecule has 0 saturated carbocycles. The number of nitrogens with one attached hydrogen (secondary N) is 3. The van der Waals surface area contributed by atoms with Crippen molar-refractivity contribution in [1.29, 1.82) is 0 Å². The zero-order valence-electron chi connectivity index (χ0n) is 25.0. The zero-order chi connectivity index (χ0) is 27.6. The van der Waals surface area contributed by atoms with Gasteiger partial charge in [-0.1, -0.05) is 141 Å². The molecule has 0 spiro atoms. The predicted octanol–water partition coefficient (Wildman–Crippen LogP) is 9.35. The van der Waals surface area contributed by atoms with E-state index in [1.807, 2.05) is 6.07 Å². The number of carbonyl (C=O) groups is 1. The monoisotopic (exact) mass is 521 g/mol. The largest absolute Gasteiger partial charge is 0.337 e. The van der Waals surface area contributed by atoms with Crippen LogP contribution in [0.25, 0.3) is 0 Å². The van der Waals surface area contributed by atoms with Gasteiger partial charge in [-0.25, -0.2) is 4.79 Å². The third kappa shape index (κ3) is 12.0. The lowest BCUT2D eigenvalue weighted by molar-refractivity contribution is 0.251. The second kappa shape index (κ2) is 18.8. The highest BCUT2D eigenvalue weighted by Gasteiger charge is 2.17. The number of rotatable bonds is 19. The van der Waals surface area contributed by atoms with Crippen LogP contribution in [0.2, 0.25) is 0 Å². The van der Waals surface area contributed by atoms with Crippen molar-refractivity contribution >= 4 is 11.7 Å². The number of hydrogen-bond acceptors (Lipinski definition) is 2. The quantitative estimate of drug-likeness (QED) is 0.161. The molecule has 0 bridgehead atoms. The molecule has 0 aliphatic heterocycles. The Hall–Kier alpha value is -2.33. The van der Waals surface area contributed by atoms with Crippen LogP contribution in [0.3, 0.4) is 0 Å². The van der Waals surface area contributed by atoms with Crippen molar-refractivity contribution in [2.75, 3.05) is 25.0 Å². The molecule has 2 aromatic rings. The fourth-order valence-corrected chi connectivity index (χ4v) is 5.12. The maximum Gasteiger partial charge on any atom is 0.319 e. The lowest BCUT2D eigenvalue weighted by atomic mass is 9.93. The number of urea groups is 1. The molecule has 0 saturated heterocycles. The Labute approximate surface area is 233 Å². The lowest BCUT2D eigenvalue weighted by Gasteiger charge is -2.22. The number of amides is 2. The standard InChI is InChI=1S/C34H55N3O/c1-6-7-8-9-10-11-12-13-14-18-24-35-25-30(29-20-16-15-17-21-29)26-36-34(38)37-33-31(27(2)3)22-19-23-32(33)28(4)5/h15-17,19-23,27-28,30,35H,6-14,18,24-26H2,1-5H3,(H2,36,37,38)/t30-/m0/s1. The van der Waals surface area contributed by atoms with E-state index in [0.717, 1.165) is 18.8 Å². The van der Waals surface area contributed by atoms with Crippen molar-refractivity contribution in [2.45, 2.75) is 117 Å². The van der Waals surface area contributed by atoms with Crippen molar-refractivity contribution in [3.8, 4) is 0 Å². The summed E-state index contributed by atoms with van der Waals surface area (Å²) in [6.45, 7) is 13.5. The molecule has 2 amide bonds. The van der Waals surface area contributed by atoms with E-state index < -0.39 is 0 Å². The number of carbonyl (C=O) groups excluding carboxylic acids is 1. The van der Waals surface area contributed by atoms with Crippen molar-refractivity contribution in [1.82, 2.24) is 10.6 Å². The van der Waals surface area contributed by atoms with E-state index in [-0.39, 0.29) is 11.9 Å². The molecule has 2 aromatic carbocycles. The average Bonchev–Trinajstić information content (AvgIpc) is 2.91. The molecule has 38 heavy (non-hydrogen) atoms. The molecule has 0 aliphatic rings. The fraction of sp³-hybridized carbons (Fsp3) is 0.618. The van der Waals surface area contributed by atoms with E-state index >= 15 is 0 Å². The van der Waals surface area contributed by atoms with Crippen LogP contribution < -0.4 is 16.0 Å². The van der Waals surface area contributed by atoms with E-state index in [4.69, 9.17) is 0 Å². The van der Waals surface area contributed by atoms with Gasteiger partial charge < -0.3 is 16.0 Å². The van der Waals surface area contributed by atoms with Gasteiger partial charge in [0.05, 0.1) is 0 Å². The van der Waals surface area contributed by atoms with E-state index in [0.29, 0.717) is 18.4 Å². The topological polar surface area (TPSA) is 53.2 Å². The maximum absolute atomic E-state index is 13.0. The van der Waals surface area contributed by atoms with Crippen molar-refractivity contribution in [3.05, 3.63) is 65.2 Å². The Balaban J connectivity index is 1.80. The van der Waals surface area contributed by atoms with Crippen molar-refractivity contribution < 1.29 is 4.79 Å². The SMILES string of the molecule is CCCCCCCCCCCCNC[C@@H](CNC(=O)Nc1c(C(C)C)cccc1C(C)C)c1ccccc1. The minimum Gasteiger partial charge on any atom is -0.337 e. The van der Waals surface area contributed by atoms with E-state index in [9.17, 15) is 4.79 Å². The predicted molar refractivity (Wildman–Crippen MR) is 166 cm³/mol. The summed E-state index contributed by atoms with van der Waals surface area (Å²) in [7, 11) is 0. The van der Waals surface area contributed by atoms with E-state index in [2.05, 4.69) is 93.0 Å². The molecular weight excluding hydrogens is 466 g/mol. The van der Waals surface area contributed by atoms with Gasteiger partial charge in [0.1, 0.15) is 0 Å². The first kappa shape index (κ1) is 31.9. The van der Waals surface area contributed by atoms with Crippen LogP contribution in [0.15, 0.2) is 48.5 Å². The number of para-hydroxylation sites is 1. The van der Waals surface area contributed by atoms with Crippen LogP contribution in [-0.4, -0.2) is 25.7 Å². The molecular formula is C34H55N3O. The molecule has 0 aliphatic carbocycles. The Morgan fingerprint density at radius 1 is 0.684 bits per heavy atom. The molecule has 4 heteroatoms. The first-order valence-electron chi connectivity index (χ1n) is 15.4. The van der Waals surface area contributed by atoms with Crippen LogP contribution >= 0.6 is 0 Å². The minimum absolute atomic E-state index is 0.129. The van der Waals surface area contributed by atoms with Gasteiger partial charge in [0.25, 0.3) is 0 Å². The van der Waals surface area contributed by atoms with Gasteiger partial charge in [0.2, 0.25) is 0 Å². The molecule has 0 aromatic heterocycles. The molecule has 3 N–H and O–H groups in total. The number of benzene rings is 2. The fourth-order valence-electron chi connectivity index (χ4n) is 5.12. The molecule has 0 fully saturated rings. The van der Waals surface area contributed by atoms with E-state index in [1.165, 1.54) is 80.9 Å². The number of unbranched alkanes of at least 4 members (excludes halogenated alkanes) is 9. The average molecular weight is 522 g/mol. The van der Waals surface area contributed by atoms with Gasteiger partial charge in [0, 0.05) is 24.7 Å². The zero-order valence-corrected chi connectivity index (χ0v) is 25.0. The first-order valence-corrected chi connectivity index (χ1v) is 15.4. The molecule has 212 valence electrons. The molecule has 1 atom stereocenters. The third-order valence-corrected chi connectivity index (χ3v) is 7.49. The van der Waals surface area contributed by atoms with Gasteiger partial charge in [-0.15, -0.1) is 0 Å². The van der Waals surface area contributed by atoms with Gasteiger partial charge in [0.15, 0.2) is 0 Å². The van der Waals surface area contributed by atoms with Crippen LogP contribution in [0, 0.1) is 0 Å². The molecule has 0 unspecified atom stereocenters. The summed E-state index contributed by atoms with van der Waals surface area (Å²) in [5.41, 5.74) is 4.59. The van der Waals surface area contributed by atoms with Crippen molar-refractivity contribution in [3.63, 3.8) is 0 Å². The number of hydrogen-bond donors (Lipinski definition) is 3. The Morgan fingerprint density at radius 2 is 1.24 bits per heavy atom. The maximum atomic E-state index is 13.0. The molecule has 2 rings (SSSR count). The summed E-state index contributed by atoms with van der Waals surface area (Å²) in [6.07, 6.45) is 13.6. The highest BCUT2D eigenvalue weighted by Crippen LogP contribution is 2.32. The van der Waals surface area contributed by atoms with Crippen LogP contribution in [0.5, 0.6) is 0 Å². The Bertz CT molecular complexity index is 868. The van der Waals surface area contributed by atoms with E-state index in [1.54, 1.807) is 0 Å². The summed E-state index contributed by atoms with van der Waals surface area (Å²) < 4.78 is 0. The summed E-state index contributed by atoms with van der Waals surface area (Å²) in [5, 5.41) is 10.0. The summed E-state index contributed by atoms with van der Waals surface area (Å²) in [4.78, 5) is 13.0. The van der Waals surface area contributed by atoms with Crippen LogP contribution in [-0.2, 0) is 0 Å². The second-order valence-corrected chi connectivity index (χ2v) is 11.4. The summed E-state index contributed by atoms with van der Waals surface area (Å²) >= 11 is 0. The van der Waals surface area contributed by atoms with Gasteiger partial charge in [-0.05, 0) is 41.5 Å². The summed E-state index contributed by atoms with van der Waals surface area (Å²) in [5.74, 6) is 0.919. The molecule has 4 nitrogen and oxygen atoms in total. The lowest BCUT2D eigenvalue weighted by Crippen LogP contribution is -2.36. The third-order valence-electron chi connectivity index (χ3n) is 7.49. The highest BCUT2D eigenvalue weighted by atomic mass is 16.2. The van der Waals surface area contributed by atoms with Gasteiger partial charge in [-0.2, -0.15) is 0 Å². The van der Waals surface area contributed by atoms with Gasteiger partial charge in [-0.3, -0.25) is 0 Å². The number of anilines is 1. The van der Waals surface area contributed by atoms with Crippen LogP contribution in [0.4, 0.5) is 10.5 Å². The smallest absolute Gasteiger partial charge is 0.319 e. The minimum atomic E-state index is -0.129. The molecule has 0 radical (unpaired) electrons. The summed E-state index contributed by atoms with van der Waals surface area (Å²) in [6, 6.07) is 16.8. The van der Waals surface area contributed by atoms with Crippen molar-refractivity contribution in [2.24, 2.45) is 0 Å². The van der Waals surface area contributed by atoms with Gasteiger partial charge >= 0.3 is 6.03 Å². The second-order valence-electron chi connectivity index (χ2n) is 11.4. The van der Waals surface area contributed by atoms with Crippen LogP contribution in [0.1, 0.15) is 133 Å².